The molecule has 0 unspecified atom stereocenters. The number of rotatable bonds is 5. The maximum Gasteiger partial charge on any atom is 0.338 e. The number of para-hydroxylation sites is 1. The predicted molar refractivity (Wildman–Crippen MR) is 146 cm³/mol. The van der Waals surface area contributed by atoms with Crippen molar-refractivity contribution in [2.75, 3.05) is 12.0 Å². The maximum atomic E-state index is 14.2. The van der Waals surface area contributed by atoms with Gasteiger partial charge >= 0.3 is 5.97 Å². The summed E-state index contributed by atoms with van der Waals surface area (Å²) in [4.78, 5) is 48.0. The summed E-state index contributed by atoms with van der Waals surface area (Å²) in [5, 5.41) is 0. The van der Waals surface area contributed by atoms with Gasteiger partial charge in [-0.05, 0) is 58.4 Å². The fourth-order valence-electron chi connectivity index (χ4n) is 5.01. The van der Waals surface area contributed by atoms with E-state index in [1.807, 2.05) is 50.2 Å². The van der Waals surface area contributed by atoms with E-state index in [0.717, 1.165) is 17.0 Å². The molecule has 38 heavy (non-hydrogen) atoms. The van der Waals surface area contributed by atoms with Crippen molar-refractivity contribution >= 4 is 34.5 Å². The lowest BCUT2D eigenvalue weighted by Gasteiger charge is -2.25. The van der Waals surface area contributed by atoms with Crippen LogP contribution < -0.4 is 24.5 Å². The third-order valence-corrected chi connectivity index (χ3v) is 7.63. The van der Waals surface area contributed by atoms with Gasteiger partial charge in [-0.15, -0.1) is 0 Å². The Morgan fingerprint density at radius 3 is 2.47 bits per heavy atom. The van der Waals surface area contributed by atoms with Gasteiger partial charge in [0.25, 0.3) is 11.5 Å². The van der Waals surface area contributed by atoms with Gasteiger partial charge in [0.1, 0.15) is 10.3 Å². The van der Waals surface area contributed by atoms with E-state index in [9.17, 15) is 14.4 Å². The van der Waals surface area contributed by atoms with Crippen LogP contribution in [0.5, 0.6) is 5.75 Å². The van der Waals surface area contributed by atoms with Gasteiger partial charge in [0.05, 0.1) is 41.8 Å². The number of carbonyl (C=O) groups is 2. The van der Waals surface area contributed by atoms with Crippen molar-refractivity contribution in [1.82, 2.24) is 4.57 Å². The van der Waals surface area contributed by atoms with Crippen molar-refractivity contribution in [2.45, 2.75) is 52.8 Å². The zero-order valence-electron chi connectivity index (χ0n) is 22.1. The SMILES string of the molecule is COc1cccc([C@H]2C(C(=O)OC(C)C)=C(C)N=c3s/c(=C4\C(=O)N(C(C)C)c5ccccc54)c(=O)n32)c1. The van der Waals surface area contributed by atoms with E-state index in [2.05, 4.69) is 4.99 Å². The van der Waals surface area contributed by atoms with Gasteiger partial charge in [-0.25, -0.2) is 9.79 Å². The molecular weight excluding hydrogens is 502 g/mol. The van der Waals surface area contributed by atoms with Gasteiger partial charge in [0, 0.05) is 11.6 Å². The highest BCUT2D eigenvalue weighted by Crippen LogP contribution is 2.37. The van der Waals surface area contributed by atoms with Crippen LogP contribution in [0.2, 0.25) is 0 Å². The summed E-state index contributed by atoms with van der Waals surface area (Å²) in [6, 6.07) is 13.8. The van der Waals surface area contributed by atoms with E-state index >= 15 is 0 Å². The highest BCUT2D eigenvalue weighted by molar-refractivity contribution is 7.07. The number of benzene rings is 2. The summed E-state index contributed by atoms with van der Waals surface area (Å²) in [5.41, 5.74) is 2.87. The minimum atomic E-state index is -0.796. The standard InChI is InChI=1S/C29H29N3O5S/c1-15(2)31-21-13-8-7-12-20(21)23(26(31)33)25-27(34)32-24(18-10-9-11-19(14-18)36-6)22(28(35)37-16(3)4)17(5)30-29(32)38-25/h7-16,24H,1-6H3/b25-23-/t24-/m0/s1. The quantitative estimate of drug-likeness (QED) is 0.471. The zero-order valence-corrected chi connectivity index (χ0v) is 23.0. The van der Waals surface area contributed by atoms with Gasteiger partial charge in [0.15, 0.2) is 4.80 Å². The number of amides is 1. The van der Waals surface area contributed by atoms with Gasteiger partial charge in [0.2, 0.25) is 0 Å². The number of carbonyl (C=O) groups excluding carboxylic acids is 2. The number of allylic oxidation sites excluding steroid dienone is 1. The smallest absolute Gasteiger partial charge is 0.338 e. The predicted octanol–water partition coefficient (Wildman–Crippen LogP) is 3.32. The molecule has 5 rings (SSSR count). The molecule has 0 N–H and O–H groups in total. The van der Waals surface area contributed by atoms with Gasteiger partial charge in [-0.1, -0.05) is 41.7 Å². The summed E-state index contributed by atoms with van der Waals surface area (Å²) in [6.07, 6.45) is -0.352. The highest BCUT2D eigenvalue weighted by Gasteiger charge is 2.38. The minimum absolute atomic E-state index is 0.0889. The second kappa shape index (κ2) is 9.72. The molecule has 0 saturated carbocycles. The number of thiazole rings is 1. The molecule has 0 saturated heterocycles. The number of nitrogens with zero attached hydrogens (tertiary/aromatic N) is 3. The molecule has 9 heteroatoms. The van der Waals surface area contributed by atoms with Crippen LogP contribution in [-0.4, -0.2) is 35.7 Å². The van der Waals surface area contributed by atoms with Gasteiger partial charge in [-0.3, -0.25) is 14.2 Å². The molecule has 3 heterocycles. The summed E-state index contributed by atoms with van der Waals surface area (Å²) < 4.78 is 12.8. The first kappa shape index (κ1) is 25.7. The van der Waals surface area contributed by atoms with Crippen LogP contribution in [0.1, 0.15) is 51.8 Å². The number of anilines is 1. The first-order chi connectivity index (χ1) is 18.1. The Bertz CT molecular complexity index is 1680. The number of aromatic nitrogens is 1. The lowest BCUT2D eigenvalue weighted by molar-refractivity contribution is -0.143. The van der Waals surface area contributed by atoms with E-state index in [1.54, 1.807) is 44.9 Å². The zero-order chi connectivity index (χ0) is 27.3. The fraction of sp³-hybridized carbons (Fsp3) is 0.310. The molecule has 0 bridgehead atoms. The number of esters is 1. The first-order valence-electron chi connectivity index (χ1n) is 12.5. The van der Waals surface area contributed by atoms with E-state index in [0.29, 0.717) is 37.5 Å². The number of ether oxygens (including phenoxy) is 2. The van der Waals surface area contributed by atoms with Crippen LogP contribution in [0, 0.1) is 0 Å². The summed E-state index contributed by atoms with van der Waals surface area (Å²) in [5.74, 6) is -0.175. The number of hydrogen-bond donors (Lipinski definition) is 0. The molecule has 1 amide bonds. The Labute approximate surface area is 224 Å². The Morgan fingerprint density at radius 1 is 1.05 bits per heavy atom. The Kier molecular flexibility index (Phi) is 6.56. The van der Waals surface area contributed by atoms with Crippen molar-refractivity contribution < 1.29 is 19.1 Å². The average Bonchev–Trinajstić information content (AvgIpc) is 3.35. The molecule has 3 aromatic rings. The van der Waals surface area contributed by atoms with Crippen LogP contribution in [0.4, 0.5) is 5.69 Å². The van der Waals surface area contributed by atoms with E-state index in [1.165, 1.54) is 4.57 Å². The van der Waals surface area contributed by atoms with Crippen molar-refractivity contribution in [3.63, 3.8) is 0 Å². The largest absolute Gasteiger partial charge is 0.497 e. The van der Waals surface area contributed by atoms with Crippen molar-refractivity contribution in [3.05, 3.63) is 90.6 Å². The molecule has 2 aliphatic rings. The fourth-order valence-corrected chi connectivity index (χ4v) is 6.15. The molecule has 1 atom stereocenters. The molecule has 196 valence electrons. The molecule has 0 aliphatic carbocycles. The van der Waals surface area contributed by atoms with E-state index < -0.39 is 12.0 Å². The summed E-state index contributed by atoms with van der Waals surface area (Å²) in [7, 11) is 1.56. The van der Waals surface area contributed by atoms with Crippen LogP contribution in [0.3, 0.4) is 0 Å². The van der Waals surface area contributed by atoms with E-state index in [4.69, 9.17) is 9.47 Å². The third-order valence-electron chi connectivity index (χ3n) is 6.58. The number of fused-ring (bicyclic) bond motifs is 2. The monoisotopic (exact) mass is 531 g/mol. The summed E-state index contributed by atoms with van der Waals surface area (Å²) >= 11 is 1.16. The second-order valence-electron chi connectivity index (χ2n) is 9.79. The Morgan fingerprint density at radius 2 is 1.79 bits per heavy atom. The Balaban J connectivity index is 1.82. The first-order valence-corrected chi connectivity index (χ1v) is 13.3. The van der Waals surface area contributed by atoms with E-state index in [-0.39, 0.29) is 29.2 Å². The van der Waals surface area contributed by atoms with Gasteiger partial charge < -0.3 is 14.4 Å². The van der Waals surface area contributed by atoms with Crippen LogP contribution in [0.15, 0.2) is 69.6 Å². The summed E-state index contributed by atoms with van der Waals surface area (Å²) in [6.45, 7) is 9.17. The molecule has 1 aromatic heterocycles. The molecule has 0 fully saturated rings. The third kappa shape index (κ3) is 4.07. The highest BCUT2D eigenvalue weighted by atomic mass is 32.1. The second-order valence-corrected chi connectivity index (χ2v) is 10.8. The molecular formula is C29H29N3O5S. The normalized spacial score (nSPS) is 18.1. The lowest BCUT2D eigenvalue weighted by atomic mass is 9.95. The molecule has 0 radical (unpaired) electrons. The molecule has 0 spiro atoms. The van der Waals surface area contributed by atoms with Crippen LogP contribution in [0.25, 0.3) is 5.57 Å². The van der Waals surface area contributed by atoms with Crippen molar-refractivity contribution in [3.8, 4) is 5.75 Å². The lowest BCUT2D eigenvalue weighted by Crippen LogP contribution is -2.41. The maximum absolute atomic E-state index is 14.2. The Hall–Kier alpha value is -3.98. The average molecular weight is 532 g/mol. The molecule has 2 aromatic carbocycles. The van der Waals surface area contributed by atoms with Crippen LogP contribution >= 0.6 is 11.3 Å². The van der Waals surface area contributed by atoms with Crippen molar-refractivity contribution in [1.29, 1.82) is 0 Å². The number of methoxy groups -OCH3 is 1. The van der Waals surface area contributed by atoms with Gasteiger partial charge in [-0.2, -0.15) is 0 Å². The topological polar surface area (TPSA) is 90.2 Å². The molecule has 2 aliphatic heterocycles. The number of hydrogen-bond acceptors (Lipinski definition) is 7. The van der Waals surface area contributed by atoms with Crippen molar-refractivity contribution in [2.24, 2.45) is 4.99 Å². The van der Waals surface area contributed by atoms with Crippen LogP contribution in [-0.2, 0) is 14.3 Å². The molecule has 8 nitrogen and oxygen atoms in total. The minimum Gasteiger partial charge on any atom is -0.497 e.